The Morgan fingerprint density at radius 2 is 1.90 bits per heavy atom. The summed E-state index contributed by atoms with van der Waals surface area (Å²) in [5, 5.41) is 0. The number of rotatable bonds is 3. The zero-order valence-corrected chi connectivity index (χ0v) is 12.0. The number of para-hydroxylation sites is 1. The predicted octanol–water partition coefficient (Wildman–Crippen LogP) is 3.83. The molecule has 1 aliphatic rings. The molecule has 1 atom stereocenters. The van der Waals surface area contributed by atoms with Crippen LogP contribution < -0.4 is 10.6 Å². The highest BCUT2D eigenvalue weighted by atomic mass is 15.1. The molecule has 0 fully saturated rings. The van der Waals surface area contributed by atoms with Crippen molar-refractivity contribution in [2.24, 2.45) is 5.73 Å². The molecule has 0 aliphatic heterocycles. The van der Waals surface area contributed by atoms with Gasteiger partial charge in [0, 0.05) is 18.4 Å². The average Bonchev–Trinajstić information content (AvgIpc) is 2.53. The minimum atomic E-state index is 0.551. The van der Waals surface area contributed by atoms with E-state index < -0.39 is 0 Å². The molecule has 0 aromatic heterocycles. The minimum Gasteiger partial charge on any atom is -0.345 e. The van der Waals surface area contributed by atoms with E-state index in [0.29, 0.717) is 5.92 Å². The molecular formula is C18H22N2. The molecule has 2 aromatic rings. The van der Waals surface area contributed by atoms with Crippen molar-refractivity contribution in [2.45, 2.75) is 25.2 Å². The van der Waals surface area contributed by atoms with E-state index in [4.69, 9.17) is 5.73 Å². The SMILES string of the molecule is CN(c1ccccc1)c1ccc2c(c1)CCCC2CN. The lowest BCUT2D eigenvalue weighted by molar-refractivity contribution is 0.561. The lowest BCUT2D eigenvalue weighted by Gasteiger charge is -2.27. The van der Waals surface area contributed by atoms with E-state index in [0.717, 1.165) is 6.54 Å². The van der Waals surface area contributed by atoms with Gasteiger partial charge >= 0.3 is 0 Å². The van der Waals surface area contributed by atoms with Gasteiger partial charge in [-0.05, 0) is 67.1 Å². The van der Waals surface area contributed by atoms with Gasteiger partial charge < -0.3 is 10.6 Å². The third-order valence-corrected chi connectivity index (χ3v) is 4.38. The van der Waals surface area contributed by atoms with Crippen molar-refractivity contribution >= 4 is 11.4 Å². The van der Waals surface area contributed by atoms with E-state index in [-0.39, 0.29) is 0 Å². The molecule has 2 nitrogen and oxygen atoms in total. The van der Waals surface area contributed by atoms with Gasteiger partial charge in [-0.15, -0.1) is 0 Å². The van der Waals surface area contributed by atoms with Gasteiger partial charge in [0.1, 0.15) is 0 Å². The largest absolute Gasteiger partial charge is 0.345 e. The van der Waals surface area contributed by atoms with Gasteiger partial charge in [0.15, 0.2) is 0 Å². The molecule has 2 aromatic carbocycles. The highest BCUT2D eigenvalue weighted by molar-refractivity contribution is 5.64. The maximum atomic E-state index is 5.90. The Morgan fingerprint density at radius 3 is 2.65 bits per heavy atom. The Balaban J connectivity index is 1.92. The van der Waals surface area contributed by atoms with E-state index >= 15 is 0 Å². The third kappa shape index (κ3) is 2.44. The van der Waals surface area contributed by atoms with Crippen LogP contribution in [0.15, 0.2) is 48.5 Å². The van der Waals surface area contributed by atoms with Crippen molar-refractivity contribution < 1.29 is 0 Å². The summed E-state index contributed by atoms with van der Waals surface area (Å²) in [5.74, 6) is 0.551. The van der Waals surface area contributed by atoms with Crippen molar-refractivity contribution in [3.05, 3.63) is 59.7 Å². The van der Waals surface area contributed by atoms with Crippen molar-refractivity contribution in [1.29, 1.82) is 0 Å². The third-order valence-electron chi connectivity index (χ3n) is 4.38. The molecule has 0 radical (unpaired) electrons. The number of benzene rings is 2. The van der Waals surface area contributed by atoms with Crippen LogP contribution in [0.2, 0.25) is 0 Å². The molecule has 0 amide bonds. The summed E-state index contributed by atoms with van der Waals surface area (Å²) < 4.78 is 0. The van der Waals surface area contributed by atoms with Gasteiger partial charge in [0.05, 0.1) is 0 Å². The fourth-order valence-electron chi connectivity index (χ4n) is 3.16. The summed E-state index contributed by atoms with van der Waals surface area (Å²) in [6.07, 6.45) is 3.67. The van der Waals surface area contributed by atoms with Crippen LogP contribution in [-0.4, -0.2) is 13.6 Å². The van der Waals surface area contributed by atoms with Gasteiger partial charge in [-0.1, -0.05) is 24.3 Å². The number of hydrogen-bond donors (Lipinski definition) is 1. The summed E-state index contributed by atoms with van der Waals surface area (Å²) >= 11 is 0. The normalized spacial score (nSPS) is 17.6. The summed E-state index contributed by atoms with van der Waals surface area (Å²) in [6.45, 7) is 0.765. The highest BCUT2D eigenvalue weighted by Crippen LogP contribution is 2.34. The van der Waals surface area contributed by atoms with Crippen LogP contribution >= 0.6 is 0 Å². The maximum absolute atomic E-state index is 5.90. The van der Waals surface area contributed by atoms with Crippen LogP contribution in [0.25, 0.3) is 0 Å². The Hall–Kier alpha value is -1.80. The van der Waals surface area contributed by atoms with E-state index in [9.17, 15) is 0 Å². The molecule has 2 N–H and O–H groups in total. The van der Waals surface area contributed by atoms with Crippen LogP contribution in [0.1, 0.15) is 29.9 Å². The summed E-state index contributed by atoms with van der Waals surface area (Å²) in [7, 11) is 2.13. The number of aryl methyl sites for hydroxylation is 1. The number of fused-ring (bicyclic) bond motifs is 1. The van der Waals surface area contributed by atoms with Gasteiger partial charge in [0.25, 0.3) is 0 Å². The topological polar surface area (TPSA) is 29.3 Å². The Morgan fingerprint density at radius 1 is 1.10 bits per heavy atom. The first kappa shape index (κ1) is 13.2. The second-order valence-corrected chi connectivity index (χ2v) is 5.60. The van der Waals surface area contributed by atoms with Crippen LogP contribution in [0.3, 0.4) is 0 Å². The van der Waals surface area contributed by atoms with Crippen LogP contribution in [0, 0.1) is 0 Å². The highest BCUT2D eigenvalue weighted by Gasteiger charge is 2.19. The zero-order chi connectivity index (χ0) is 13.9. The monoisotopic (exact) mass is 266 g/mol. The van der Waals surface area contributed by atoms with E-state index in [1.807, 2.05) is 0 Å². The van der Waals surface area contributed by atoms with Crippen LogP contribution in [0.5, 0.6) is 0 Å². The number of anilines is 2. The lowest BCUT2D eigenvalue weighted by Crippen LogP contribution is -2.19. The first-order valence-corrected chi connectivity index (χ1v) is 7.41. The van der Waals surface area contributed by atoms with E-state index in [1.165, 1.54) is 41.8 Å². The molecule has 2 heteroatoms. The molecule has 0 bridgehead atoms. The first-order chi connectivity index (χ1) is 9.79. The van der Waals surface area contributed by atoms with Gasteiger partial charge in [-0.25, -0.2) is 0 Å². The molecule has 104 valence electrons. The van der Waals surface area contributed by atoms with Crippen LogP contribution in [-0.2, 0) is 6.42 Å². The molecule has 0 spiro atoms. The molecule has 20 heavy (non-hydrogen) atoms. The van der Waals surface area contributed by atoms with Gasteiger partial charge in [-0.3, -0.25) is 0 Å². The van der Waals surface area contributed by atoms with Gasteiger partial charge in [0.2, 0.25) is 0 Å². The molecular weight excluding hydrogens is 244 g/mol. The van der Waals surface area contributed by atoms with Crippen molar-refractivity contribution in [1.82, 2.24) is 0 Å². The molecule has 0 heterocycles. The summed E-state index contributed by atoms with van der Waals surface area (Å²) in [4.78, 5) is 2.24. The average molecular weight is 266 g/mol. The van der Waals surface area contributed by atoms with Gasteiger partial charge in [-0.2, -0.15) is 0 Å². The Labute approximate surface area is 121 Å². The Kier molecular flexibility index (Phi) is 3.75. The predicted molar refractivity (Wildman–Crippen MR) is 85.7 cm³/mol. The second kappa shape index (κ2) is 5.68. The number of nitrogens with two attached hydrogens (primary N) is 1. The quantitative estimate of drug-likeness (QED) is 0.914. The van der Waals surface area contributed by atoms with E-state index in [2.05, 4.69) is 60.5 Å². The molecule has 1 unspecified atom stereocenters. The van der Waals surface area contributed by atoms with Crippen molar-refractivity contribution in [3.8, 4) is 0 Å². The van der Waals surface area contributed by atoms with Crippen molar-refractivity contribution in [2.75, 3.05) is 18.5 Å². The van der Waals surface area contributed by atoms with Crippen molar-refractivity contribution in [3.63, 3.8) is 0 Å². The zero-order valence-electron chi connectivity index (χ0n) is 12.0. The van der Waals surface area contributed by atoms with E-state index in [1.54, 1.807) is 0 Å². The fraction of sp³-hybridized carbons (Fsp3) is 0.333. The Bertz CT molecular complexity index is 577. The smallest absolute Gasteiger partial charge is 0.0411 e. The fourth-order valence-corrected chi connectivity index (χ4v) is 3.16. The molecule has 3 rings (SSSR count). The molecule has 0 saturated carbocycles. The molecule has 0 saturated heterocycles. The maximum Gasteiger partial charge on any atom is 0.0411 e. The first-order valence-electron chi connectivity index (χ1n) is 7.41. The van der Waals surface area contributed by atoms with Crippen LogP contribution in [0.4, 0.5) is 11.4 Å². The standard InChI is InChI=1S/C18H22N2/c1-20(16-8-3-2-4-9-16)17-10-11-18-14(12-17)6-5-7-15(18)13-19/h2-4,8-12,15H,5-7,13,19H2,1H3. The lowest BCUT2D eigenvalue weighted by atomic mass is 9.82. The summed E-state index contributed by atoms with van der Waals surface area (Å²) in [6, 6.07) is 17.3. The number of nitrogens with zero attached hydrogens (tertiary/aromatic N) is 1. The second-order valence-electron chi connectivity index (χ2n) is 5.60. The number of hydrogen-bond acceptors (Lipinski definition) is 2. The molecule has 1 aliphatic carbocycles. The summed E-state index contributed by atoms with van der Waals surface area (Å²) in [5.41, 5.74) is 11.3. The minimum absolute atomic E-state index is 0.551.